The van der Waals surface area contributed by atoms with E-state index < -0.39 is 0 Å². The molecule has 0 amide bonds. The van der Waals surface area contributed by atoms with E-state index in [0.717, 1.165) is 0 Å². The summed E-state index contributed by atoms with van der Waals surface area (Å²) >= 11 is 0. The van der Waals surface area contributed by atoms with Gasteiger partial charge in [-0.2, -0.15) is 0 Å². The Morgan fingerprint density at radius 1 is 1.20 bits per heavy atom. The first kappa shape index (κ1) is 10.7. The maximum absolute atomic E-state index is 3.59. The first-order chi connectivity index (χ1) is 7.09. The van der Waals surface area contributed by atoms with Crippen LogP contribution in [0.2, 0.25) is 0 Å². The van der Waals surface area contributed by atoms with Crippen LogP contribution in [-0.4, -0.2) is 6.54 Å². The molecular formula is C14H21N. The lowest BCUT2D eigenvalue weighted by Crippen LogP contribution is -2.20. The minimum atomic E-state index is 0.251. The number of benzene rings is 1. The Labute approximate surface area is 92.9 Å². The molecule has 1 aliphatic heterocycles. The lowest BCUT2D eigenvalue weighted by Gasteiger charge is -2.25. The highest BCUT2D eigenvalue weighted by atomic mass is 14.9. The summed E-state index contributed by atoms with van der Waals surface area (Å²) in [6.45, 7) is 8.05. The first-order valence-electron chi connectivity index (χ1n) is 5.92. The van der Waals surface area contributed by atoms with Crippen LogP contribution in [0.1, 0.15) is 50.8 Å². The van der Waals surface area contributed by atoms with Crippen LogP contribution in [0.5, 0.6) is 0 Å². The van der Waals surface area contributed by atoms with Gasteiger partial charge in [0.25, 0.3) is 0 Å². The quantitative estimate of drug-likeness (QED) is 0.737. The van der Waals surface area contributed by atoms with Crippen LogP contribution in [0.15, 0.2) is 24.3 Å². The third-order valence-electron chi connectivity index (χ3n) is 3.20. The summed E-state index contributed by atoms with van der Waals surface area (Å²) in [4.78, 5) is 0. The molecule has 0 bridgehead atoms. The standard InChI is InChI=1S/C14H21N/c1-14(2,3)12-8-5-4-7-11(12)13-9-6-10-15-13/h4-5,7-8,13,15H,6,9-10H2,1-3H3/t13-/m1/s1. The molecule has 1 nitrogen and oxygen atoms in total. The molecule has 2 rings (SSSR count). The van der Waals surface area contributed by atoms with E-state index in [-0.39, 0.29) is 5.41 Å². The van der Waals surface area contributed by atoms with Crippen LogP contribution in [-0.2, 0) is 5.41 Å². The Balaban J connectivity index is 2.37. The summed E-state index contributed by atoms with van der Waals surface area (Å²) in [6.07, 6.45) is 2.59. The molecule has 1 heterocycles. The molecule has 0 radical (unpaired) electrons. The third kappa shape index (κ3) is 2.23. The maximum atomic E-state index is 3.59. The van der Waals surface area contributed by atoms with Crippen LogP contribution < -0.4 is 5.32 Å². The van der Waals surface area contributed by atoms with Gasteiger partial charge < -0.3 is 5.32 Å². The van der Waals surface area contributed by atoms with E-state index in [9.17, 15) is 0 Å². The first-order valence-corrected chi connectivity index (χ1v) is 5.92. The average Bonchev–Trinajstić information content (AvgIpc) is 2.69. The molecular weight excluding hydrogens is 182 g/mol. The molecule has 0 aliphatic carbocycles. The third-order valence-corrected chi connectivity index (χ3v) is 3.20. The van der Waals surface area contributed by atoms with E-state index in [0.29, 0.717) is 6.04 Å². The van der Waals surface area contributed by atoms with Gasteiger partial charge in [0.05, 0.1) is 0 Å². The van der Waals surface area contributed by atoms with Gasteiger partial charge >= 0.3 is 0 Å². The van der Waals surface area contributed by atoms with E-state index in [4.69, 9.17) is 0 Å². The molecule has 1 aliphatic rings. The van der Waals surface area contributed by atoms with Crippen LogP contribution in [0.4, 0.5) is 0 Å². The van der Waals surface area contributed by atoms with Gasteiger partial charge in [0.15, 0.2) is 0 Å². The monoisotopic (exact) mass is 203 g/mol. The highest BCUT2D eigenvalue weighted by Crippen LogP contribution is 2.32. The van der Waals surface area contributed by atoms with Crippen molar-refractivity contribution in [1.29, 1.82) is 0 Å². The Bertz CT molecular complexity index is 329. The van der Waals surface area contributed by atoms with Crippen molar-refractivity contribution in [2.24, 2.45) is 0 Å². The summed E-state index contributed by atoms with van der Waals surface area (Å²) < 4.78 is 0. The van der Waals surface area contributed by atoms with Crippen molar-refractivity contribution in [2.45, 2.75) is 45.1 Å². The van der Waals surface area contributed by atoms with Gasteiger partial charge in [-0.05, 0) is 35.9 Å². The average molecular weight is 203 g/mol. The molecule has 1 aromatic rings. The van der Waals surface area contributed by atoms with Crippen molar-refractivity contribution in [3.63, 3.8) is 0 Å². The highest BCUT2D eigenvalue weighted by Gasteiger charge is 2.23. The molecule has 0 aromatic heterocycles. The van der Waals surface area contributed by atoms with Crippen LogP contribution in [0.25, 0.3) is 0 Å². The molecule has 0 unspecified atom stereocenters. The second-order valence-electron chi connectivity index (χ2n) is 5.49. The van der Waals surface area contributed by atoms with Gasteiger partial charge in [-0.3, -0.25) is 0 Å². The molecule has 1 saturated heterocycles. The predicted octanol–water partition coefficient (Wildman–Crippen LogP) is 3.41. The fourth-order valence-electron chi connectivity index (χ4n) is 2.43. The lowest BCUT2D eigenvalue weighted by atomic mass is 9.81. The summed E-state index contributed by atoms with van der Waals surface area (Å²) in [5.41, 5.74) is 3.24. The fraction of sp³-hybridized carbons (Fsp3) is 0.571. The van der Waals surface area contributed by atoms with E-state index in [1.54, 1.807) is 0 Å². The summed E-state index contributed by atoms with van der Waals surface area (Å²) in [7, 11) is 0. The number of rotatable bonds is 1. The van der Waals surface area contributed by atoms with Gasteiger partial charge in [-0.15, -0.1) is 0 Å². The molecule has 0 spiro atoms. The zero-order valence-electron chi connectivity index (χ0n) is 10.0. The molecule has 1 atom stereocenters. The number of hydrogen-bond acceptors (Lipinski definition) is 1. The Kier molecular flexibility index (Phi) is 2.83. The number of hydrogen-bond donors (Lipinski definition) is 1. The summed E-state index contributed by atoms with van der Waals surface area (Å²) in [5, 5.41) is 3.59. The summed E-state index contributed by atoms with van der Waals surface area (Å²) in [5.74, 6) is 0. The summed E-state index contributed by atoms with van der Waals surface area (Å²) in [6, 6.07) is 9.45. The largest absolute Gasteiger partial charge is 0.310 e. The van der Waals surface area contributed by atoms with Crippen LogP contribution >= 0.6 is 0 Å². The molecule has 15 heavy (non-hydrogen) atoms. The van der Waals surface area contributed by atoms with E-state index in [1.807, 2.05) is 0 Å². The molecule has 1 N–H and O–H groups in total. The van der Waals surface area contributed by atoms with E-state index in [2.05, 4.69) is 50.4 Å². The van der Waals surface area contributed by atoms with Gasteiger partial charge in [0.1, 0.15) is 0 Å². The van der Waals surface area contributed by atoms with Gasteiger partial charge in [0, 0.05) is 6.04 Å². The highest BCUT2D eigenvalue weighted by molar-refractivity contribution is 5.35. The number of nitrogens with one attached hydrogen (secondary N) is 1. The van der Waals surface area contributed by atoms with Gasteiger partial charge in [-0.1, -0.05) is 45.0 Å². The van der Waals surface area contributed by atoms with Crippen molar-refractivity contribution in [3.8, 4) is 0 Å². The zero-order chi connectivity index (χ0) is 10.9. The van der Waals surface area contributed by atoms with Gasteiger partial charge in [0.2, 0.25) is 0 Å². The van der Waals surface area contributed by atoms with Crippen LogP contribution in [0.3, 0.4) is 0 Å². The van der Waals surface area contributed by atoms with Crippen molar-refractivity contribution in [2.75, 3.05) is 6.54 Å². The van der Waals surface area contributed by atoms with Crippen molar-refractivity contribution in [3.05, 3.63) is 35.4 Å². The molecule has 82 valence electrons. The SMILES string of the molecule is CC(C)(C)c1ccccc1[C@H]1CCCN1. The van der Waals surface area contributed by atoms with E-state index >= 15 is 0 Å². The Morgan fingerprint density at radius 2 is 1.93 bits per heavy atom. The molecule has 0 saturated carbocycles. The van der Waals surface area contributed by atoms with Gasteiger partial charge in [-0.25, -0.2) is 0 Å². The van der Waals surface area contributed by atoms with E-state index in [1.165, 1.54) is 30.5 Å². The smallest absolute Gasteiger partial charge is 0.0323 e. The second kappa shape index (κ2) is 3.97. The minimum absolute atomic E-state index is 0.251. The second-order valence-corrected chi connectivity index (χ2v) is 5.49. The molecule has 1 heteroatoms. The predicted molar refractivity (Wildman–Crippen MR) is 65.1 cm³/mol. The zero-order valence-corrected chi connectivity index (χ0v) is 10.0. The van der Waals surface area contributed by atoms with Crippen molar-refractivity contribution >= 4 is 0 Å². The lowest BCUT2D eigenvalue weighted by molar-refractivity contribution is 0.557. The van der Waals surface area contributed by atoms with Crippen LogP contribution in [0, 0.1) is 0 Å². The van der Waals surface area contributed by atoms with Crippen molar-refractivity contribution in [1.82, 2.24) is 5.32 Å². The Morgan fingerprint density at radius 3 is 2.53 bits per heavy atom. The molecule has 1 aromatic carbocycles. The minimum Gasteiger partial charge on any atom is -0.310 e. The fourth-order valence-corrected chi connectivity index (χ4v) is 2.43. The maximum Gasteiger partial charge on any atom is 0.0323 e. The van der Waals surface area contributed by atoms with Crippen molar-refractivity contribution < 1.29 is 0 Å². The molecule has 1 fully saturated rings. The normalized spacial score (nSPS) is 21.9. The topological polar surface area (TPSA) is 12.0 Å². The Hall–Kier alpha value is -0.820.